The van der Waals surface area contributed by atoms with Gasteiger partial charge in [-0.05, 0) is 72.5 Å². The summed E-state index contributed by atoms with van der Waals surface area (Å²) in [5, 5.41) is 8.75. The van der Waals surface area contributed by atoms with Crippen molar-refractivity contribution in [1.29, 1.82) is 0 Å². The van der Waals surface area contributed by atoms with Gasteiger partial charge in [-0.2, -0.15) is 0 Å². The summed E-state index contributed by atoms with van der Waals surface area (Å²) >= 11 is 3.49. The Kier molecular flexibility index (Phi) is 7.31. The van der Waals surface area contributed by atoms with Gasteiger partial charge in [0, 0.05) is 4.47 Å². The fourth-order valence-electron chi connectivity index (χ4n) is 3.00. The highest BCUT2D eigenvalue weighted by molar-refractivity contribution is 9.10. The molecule has 154 valence electrons. The van der Waals surface area contributed by atoms with Crippen LogP contribution in [0.1, 0.15) is 22.3 Å². The third-order valence-electron chi connectivity index (χ3n) is 4.55. The first-order valence-corrected chi connectivity index (χ1v) is 10.3. The van der Waals surface area contributed by atoms with Gasteiger partial charge in [-0.25, -0.2) is 4.79 Å². The van der Waals surface area contributed by atoms with Crippen LogP contribution in [0.3, 0.4) is 0 Å². The number of rotatable bonds is 8. The Labute approximate surface area is 184 Å². The second kappa shape index (κ2) is 10.1. The van der Waals surface area contributed by atoms with Crippen molar-refractivity contribution in [2.45, 2.75) is 13.8 Å². The fraction of sp³-hybridized carbons (Fsp3) is 0.160. The molecule has 0 bridgehead atoms. The number of halogens is 1. The van der Waals surface area contributed by atoms with Gasteiger partial charge in [-0.15, -0.1) is 0 Å². The molecule has 3 rings (SSSR count). The van der Waals surface area contributed by atoms with Gasteiger partial charge < -0.3 is 14.6 Å². The van der Waals surface area contributed by atoms with Crippen LogP contribution in [0.2, 0.25) is 0 Å². The maximum Gasteiger partial charge on any atom is 0.341 e. The number of hydrogen-bond donors (Lipinski definition) is 1. The molecule has 3 aromatic carbocycles. The molecule has 0 aliphatic carbocycles. The topological polar surface area (TPSA) is 55.8 Å². The summed E-state index contributed by atoms with van der Waals surface area (Å²) in [6, 6.07) is 22.0. The minimum absolute atomic E-state index is 0.364. The van der Waals surface area contributed by atoms with Crippen molar-refractivity contribution in [3.63, 3.8) is 0 Å². The Morgan fingerprint density at radius 2 is 1.57 bits per heavy atom. The Balaban J connectivity index is 1.77. The molecular formula is C25H23BrO4. The monoisotopic (exact) mass is 466 g/mol. The summed E-state index contributed by atoms with van der Waals surface area (Å²) in [7, 11) is 0. The Hall–Kier alpha value is -3.05. The summed E-state index contributed by atoms with van der Waals surface area (Å²) in [5.41, 5.74) is 5.37. The predicted octanol–water partition coefficient (Wildman–Crippen LogP) is 6.04. The molecule has 0 saturated heterocycles. The lowest BCUT2D eigenvalue weighted by Crippen LogP contribution is -2.10. The van der Waals surface area contributed by atoms with E-state index in [0.29, 0.717) is 18.1 Å². The SMILES string of the molecule is Cc1ccc(C(=CCOc2ccc(OCC(=O)O)c(C)c2)c2ccc(Br)cc2)cc1. The molecule has 0 aliphatic rings. The van der Waals surface area contributed by atoms with Crippen LogP contribution in [0.4, 0.5) is 0 Å². The molecule has 0 saturated carbocycles. The standard InChI is InChI=1S/C25H23BrO4/c1-17-3-5-19(6-4-17)23(20-7-9-21(26)10-8-20)13-14-29-22-11-12-24(18(2)15-22)30-16-25(27)28/h3-13,15H,14,16H2,1-2H3,(H,27,28). The number of hydrogen-bond acceptors (Lipinski definition) is 3. The molecule has 0 aliphatic heterocycles. The second-order valence-electron chi connectivity index (χ2n) is 6.91. The molecule has 0 atom stereocenters. The molecule has 5 heteroatoms. The minimum atomic E-state index is -1.00. The van der Waals surface area contributed by atoms with E-state index in [1.165, 1.54) is 5.56 Å². The van der Waals surface area contributed by atoms with Gasteiger partial charge in [0.2, 0.25) is 0 Å². The smallest absolute Gasteiger partial charge is 0.341 e. The number of carboxylic acids is 1. The fourth-order valence-corrected chi connectivity index (χ4v) is 3.26. The first kappa shape index (κ1) is 21.7. The summed E-state index contributed by atoms with van der Waals surface area (Å²) < 4.78 is 12.2. The molecule has 1 N–H and O–H groups in total. The molecule has 0 radical (unpaired) electrons. The number of ether oxygens (including phenoxy) is 2. The molecule has 0 aromatic heterocycles. The third-order valence-corrected chi connectivity index (χ3v) is 5.08. The third kappa shape index (κ3) is 5.97. The lowest BCUT2D eigenvalue weighted by atomic mass is 9.97. The zero-order chi connectivity index (χ0) is 21.5. The maximum atomic E-state index is 10.7. The van der Waals surface area contributed by atoms with Gasteiger partial charge in [0.05, 0.1) is 0 Å². The number of aliphatic carboxylic acids is 1. The quantitative estimate of drug-likeness (QED) is 0.439. The molecule has 0 spiro atoms. The lowest BCUT2D eigenvalue weighted by Gasteiger charge is -2.12. The lowest BCUT2D eigenvalue weighted by molar-refractivity contribution is -0.139. The summed E-state index contributed by atoms with van der Waals surface area (Å²) in [6.45, 7) is 3.96. The molecule has 0 fully saturated rings. The molecular weight excluding hydrogens is 444 g/mol. The Bertz CT molecular complexity index is 990. The first-order valence-electron chi connectivity index (χ1n) is 9.53. The first-order chi connectivity index (χ1) is 14.4. The molecule has 4 nitrogen and oxygen atoms in total. The largest absolute Gasteiger partial charge is 0.489 e. The van der Waals surface area contributed by atoms with Gasteiger partial charge in [0.1, 0.15) is 18.1 Å². The number of carboxylic acid groups (broad SMARTS) is 1. The summed E-state index contributed by atoms with van der Waals surface area (Å²) in [6.07, 6.45) is 2.07. The summed E-state index contributed by atoms with van der Waals surface area (Å²) in [5.74, 6) is 0.234. The van der Waals surface area contributed by atoms with Gasteiger partial charge in [0.15, 0.2) is 6.61 Å². The van der Waals surface area contributed by atoms with E-state index in [2.05, 4.69) is 65.3 Å². The number of carbonyl (C=O) groups is 1. The predicted molar refractivity (Wildman–Crippen MR) is 122 cm³/mol. The van der Waals surface area contributed by atoms with Crippen LogP contribution in [-0.4, -0.2) is 24.3 Å². The van der Waals surface area contributed by atoms with Crippen LogP contribution in [0.5, 0.6) is 11.5 Å². The van der Waals surface area contributed by atoms with Crippen LogP contribution >= 0.6 is 15.9 Å². The molecule has 0 heterocycles. The van der Waals surface area contributed by atoms with E-state index in [0.717, 1.165) is 26.7 Å². The highest BCUT2D eigenvalue weighted by Gasteiger charge is 2.07. The minimum Gasteiger partial charge on any atom is -0.489 e. The maximum absolute atomic E-state index is 10.7. The number of aryl methyl sites for hydroxylation is 2. The Morgan fingerprint density at radius 3 is 2.17 bits per heavy atom. The zero-order valence-corrected chi connectivity index (χ0v) is 18.5. The van der Waals surface area contributed by atoms with Crippen molar-refractivity contribution in [3.05, 3.63) is 99.5 Å². The van der Waals surface area contributed by atoms with Crippen molar-refractivity contribution in [2.75, 3.05) is 13.2 Å². The highest BCUT2D eigenvalue weighted by atomic mass is 79.9. The molecule has 0 amide bonds. The van der Waals surface area contributed by atoms with Crippen molar-refractivity contribution in [2.24, 2.45) is 0 Å². The zero-order valence-electron chi connectivity index (χ0n) is 16.9. The van der Waals surface area contributed by atoms with Crippen LogP contribution in [0.15, 0.2) is 77.3 Å². The van der Waals surface area contributed by atoms with Gasteiger partial charge in [0.25, 0.3) is 0 Å². The van der Waals surface area contributed by atoms with Crippen LogP contribution in [0, 0.1) is 13.8 Å². The average molecular weight is 467 g/mol. The van der Waals surface area contributed by atoms with Crippen LogP contribution in [0.25, 0.3) is 5.57 Å². The van der Waals surface area contributed by atoms with E-state index in [4.69, 9.17) is 14.6 Å². The van der Waals surface area contributed by atoms with Crippen molar-refractivity contribution in [1.82, 2.24) is 0 Å². The van der Waals surface area contributed by atoms with Crippen molar-refractivity contribution < 1.29 is 19.4 Å². The van der Waals surface area contributed by atoms with E-state index in [1.807, 2.05) is 25.1 Å². The second-order valence-corrected chi connectivity index (χ2v) is 7.83. The highest BCUT2D eigenvalue weighted by Crippen LogP contribution is 2.27. The van der Waals surface area contributed by atoms with E-state index >= 15 is 0 Å². The van der Waals surface area contributed by atoms with E-state index in [-0.39, 0.29) is 6.61 Å². The van der Waals surface area contributed by atoms with Crippen molar-refractivity contribution in [3.8, 4) is 11.5 Å². The van der Waals surface area contributed by atoms with Crippen LogP contribution < -0.4 is 9.47 Å². The van der Waals surface area contributed by atoms with E-state index in [1.54, 1.807) is 12.1 Å². The molecule has 0 unspecified atom stereocenters. The van der Waals surface area contributed by atoms with Crippen LogP contribution in [-0.2, 0) is 4.79 Å². The van der Waals surface area contributed by atoms with Gasteiger partial charge in [-0.1, -0.05) is 57.9 Å². The van der Waals surface area contributed by atoms with Gasteiger partial charge >= 0.3 is 5.97 Å². The van der Waals surface area contributed by atoms with Crippen molar-refractivity contribution >= 4 is 27.5 Å². The molecule has 3 aromatic rings. The van der Waals surface area contributed by atoms with E-state index in [9.17, 15) is 4.79 Å². The van der Waals surface area contributed by atoms with E-state index < -0.39 is 5.97 Å². The van der Waals surface area contributed by atoms with Gasteiger partial charge in [-0.3, -0.25) is 0 Å². The number of benzene rings is 3. The normalized spacial score (nSPS) is 11.2. The molecule has 30 heavy (non-hydrogen) atoms. The average Bonchev–Trinajstić information content (AvgIpc) is 2.72. The Morgan fingerprint density at radius 1 is 0.933 bits per heavy atom. The summed E-state index contributed by atoms with van der Waals surface area (Å²) in [4.78, 5) is 10.7.